The zero-order valence-corrected chi connectivity index (χ0v) is 23.6. The average molecular weight is 562 g/mol. The summed E-state index contributed by atoms with van der Waals surface area (Å²) in [6, 6.07) is 5.33. The van der Waals surface area contributed by atoms with Gasteiger partial charge in [0.1, 0.15) is 12.1 Å². The highest BCUT2D eigenvalue weighted by molar-refractivity contribution is 7.07. The van der Waals surface area contributed by atoms with Gasteiger partial charge in [-0.15, -0.1) is 12.4 Å². The Morgan fingerprint density at radius 1 is 1.16 bits per heavy atom. The van der Waals surface area contributed by atoms with Crippen LogP contribution in [0.3, 0.4) is 0 Å². The molecule has 1 unspecified atom stereocenters. The Morgan fingerprint density at radius 2 is 1.92 bits per heavy atom. The standard InChI is InChI=1S/C27H35N5O4S.ClH/c1-16(2)12-20(29-25(34)17(3)28)26(35)30-21-13-19-6-4-7-22(31-10-5-8-23(31)33)24(19)32(27(21)36)14-18-9-11-37-15-18;/h4,6-7,9,11,15-17,20-21H,5,8,10,12-14,28H2,1-3H3,(H,29,34)(H,30,35);1H/t17-,20-,21?;/m1./s1. The summed E-state index contributed by atoms with van der Waals surface area (Å²) in [4.78, 5) is 55.5. The second-order valence-electron chi connectivity index (χ2n) is 10.2. The molecule has 0 bridgehead atoms. The monoisotopic (exact) mass is 561 g/mol. The second kappa shape index (κ2) is 12.7. The molecule has 1 saturated heterocycles. The van der Waals surface area contributed by atoms with Crippen LogP contribution in [0.15, 0.2) is 35.0 Å². The molecule has 3 heterocycles. The largest absolute Gasteiger partial charge is 0.343 e. The number of anilines is 2. The molecule has 4 N–H and O–H groups in total. The molecule has 0 aliphatic carbocycles. The van der Waals surface area contributed by atoms with E-state index in [4.69, 9.17) is 5.73 Å². The lowest BCUT2D eigenvalue weighted by Gasteiger charge is -2.37. The molecule has 38 heavy (non-hydrogen) atoms. The van der Waals surface area contributed by atoms with Gasteiger partial charge in [-0.25, -0.2) is 0 Å². The first kappa shape index (κ1) is 29.6. The maximum absolute atomic E-state index is 13.9. The fourth-order valence-corrected chi connectivity index (χ4v) is 5.55. The Balaban J connectivity index is 0.00000400. The van der Waals surface area contributed by atoms with Gasteiger partial charge in [0.2, 0.25) is 23.6 Å². The number of nitrogens with zero attached hydrogens (tertiary/aromatic N) is 2. The van der Waals surface area contributed by atoms with Crippen molar-refractivity contribution in [2.24, 2.45) is 11.7 Å². The molecule has 2 aromatic rings. The molecule has 206 valence electrons. The van der Waals surface area contributed by atoms with Crippen molar-refractivity contribution in [2.45, 2.75) is 71.1 Å². The Labute approximate surface area is 233 Å². The van der Waals surface area contributed by atoms with Crippen molar-refractivity contribution in [3.05, 3.63) is 46.2 Å². The van der Waals surface area contributed by atoms with Crippen LogP contribution in [0.4, 0.5) is 11.4 Å². The van der Waals surface area contributed by atoms with Crippen molar-refractivity contribution in [3.8, 4) is 0 Å². The maximum atomic E-state index is 13.9. The van der Waals surface area contributed by atoms with Crippen LogP contribution in [0.25, 0.3) is 0 Å². The van der Waals surface area contributed by atoms with E-state index < -0.39 is 29.9 Å². The number of nitrogens with one attached hydrogen (secondary N) is 2. The van der Waals surface area contributed by atoms with E-state index in [0.29, 0.717) is 32.4 Å². The van der Waals surface area contributed by atoms with E-state index in [1.165, 1.54) is 0 Å². The Hall–Kier alpha value is -2.95. The van der Waals surface area contributed by atoms with Crippen molar-refractivity contribution >= 4 is 58.7 Å². The molecule has 4 rings (SSSR count). The van der Waals surface area contributed by atoms with E-state index >= 15 is 0 Å². The van der Waals surface area contributed by atoms with Crippen molar-refractivity contribution in [1.82, 2.24) is 10.6 Å². The number of benzene rings is 1. The van der Waals surface area contributed by atoms with E-state index in [9.17, 15) is 19.2 Å². The quantitative estimate of drug-likeness (QED) is 0.434. The topological polar surface area (TPSA) is 125 Å². The van der Waals surface area contributed by atoms with Crippen LogP contribution in [0, 0.1) is 5.92 Å². The zero-order valence-electron chi connectivity index (χ0n) is 21.9. The molecule has 0 radical (unpaired) electrons. The minimum absolute atomic E-state index is 0. The second-order valence-corrected chi connectivity index (χ2v) is 11.0. The third kappa shape index (κ3) is 6.54. The molecule has 3 atom stereocenters. The van der Waals surface area contributed by atoms with Gasteiger partial charge in [-0.05, 0) is 59.7 Å². The van der Waals surface area contributed by atoms with Gasteiger partial charge in [0, 0.05) is 19.4 Å². The predicted octanol–water partition coefficient (Wildman–Crippen LogP) is 2.75. The van der Waals surface area contributed by atoms with Gasteiger partial charge >= 0.3 is 0 Å². The van der Waals surface area contributed by atoms with Crippen LogP contribution < -0.4 is 26.2 Å². The molecule has 1 fully saturated rings. The number of hydrogen-bond donors (Lipinski definition) is 3. The fraction of sp³-hybridized carbons (Fsp3) is 0.481. The summed E-state index contributed by atoms with van der Waals surface area (Å²) in [5, 5.41) is 9.57. The number of rotatable bonds is 9. The molecule has 0 saturated carbocycles. The number of halogens is 1. The molecular formula is C27H36ClN5O4S. The minimum atomic E-state index is -0.801. The molecule has 2 aliphatic heterocycles. The number of thiophene rings is 1. The summed E-state index contributed by atoms with van der Waals surface area (Å²) >= 11 is 1.55. The third-order valence-electron chi connectivity index (χ3n) is 6.71. The number of nitrogens with two attached hydrogens (primary N) is 1. The summed E-state index contributed by atoms with van der Waals surface area (Å²) in [6.45, 7) is 6.43. The van der Waals surface area contributed by atoms with E-state index in [2.05, 4.69) is 10.6 Å². The van der Waals surface area contributed by atoms with Crippen molar-refractivity contribution < 1.29 is 19.2 Å². The summed E-state index contributed by atoms with van der Waals surface area (Å²) in [5.41, 5.74) is 9.02. The third-order valence-corrected chi connectivity index (χ3v) is 7.44. The summed E-state index contributed by atoms with van der Waals surface area (Å²) in [6.07, 6.45) is 1.99. The lowest BCUT2D eigenvalue weighted by Crippen LogP contribution is -2.58. The van der Waals surface area contributed by atoms with Gasteiger partial charge in [-0.3, -0.25) is 19.2 Å². The molecule has 11 heteroatoms. The lowest BCUT2D eigenvalue weighted by molar-refractivity contribution is -0.132. The van der Waals surface area contributed by atoms with Crippen molar-refractivity contribution in [3.63, 3.8) is 0 Å². The van der Waals surface area contributed by atoms with E-state index in [-0.39, 0.29) is 30.1 Å². The van der Waals surface area contributed by atoms with E-state index in [0.717, 1.165) is 28.9 Å². The SMILES string of the molecule is CC(C)C[C@@H](NC(=O)[C@@H](C)N)C(=O)NC1Cc2cccc(N3CCCC3=O)c2N(Cc2ccsc2)C1=O.Cl. The van der Waals surface area contributed by atoms with Gasteiger partial charge in [0.25, 0.3) is 0 Å². The van der Waals surface area contributed by atoms with Crippen LogP contribution in [0.1, 0.15) is 51.2 Å². The molecule has 0 spiro atoms. The van der Waals surface area contributed by atoms with E-state index in [1.54, 1.807) is 28.1 Å². The summed E-state index contributed by atoms with van der Waals surface area (Å²) in [7, 11) is 0. The number of carbonyl (C=O) groups excluding carboxylic acids is 4. The number of amides is 4. The van der Waals surface area contributed by atoms with Crippen molar-refractivity contribution in [2.75, 3.05) is 16.3 Å². The van der Waals surface area contributed by atoms with Gasteiger partial charge in [-0.1, -0.05) is 26.0 Å². The van der Waals surface area contributed by atoms with Crippen molar-refractivity contribution in [1.29, 1.82) is 0 Å². The van der Waals surface area contributed by atoms with Gasteiger partial charge in [0.05, 0.1) is 24.0 Å². The smallest absolute Gasteiger partial charge is 0.250 e. The predicted molar refractivity (Wildman–Crippen MR) is 151 cm³/mol. The molecule has 2 aliphatic rings. The fourth-order valence-electron chi connectivity index (χ4n) is 4.89. The van der Waals surface area contributed by atoms with Crippen LogP contribution in [-0.2, 0) is 32.1 Å². The van der Waals surface area contributed by atoms with E-state index in [1.807, 2.05) is 48.9 Å². The average Bonchev–Trinajstić information content (AvgIpc) is 3.52. The van der Waals surface area contributed by atoms with Crippen LogP contribution in [0.2, 0.25) is 0 Å². The van der Waals surface area contributed by atoms with Gasteiger partial charge < -0.3 is 26.2 Å². The van der Waals surface area contributed by atoms with Gasteiger partial charge in [-0.2, -0.15) is 11.3 Å². The van der Waals surface area contributed by atoms with Gasteiger partial charge in [0.15, 0.2) is 0 Å². The first-order chi connectivity index (χ1) is 17.7. The first-order valence-electron chi connectivity index (χ1n) is 12.8. The number of para-hydroxylation sites is 1. The minimum Gasteiger partial charge on any atom is -0.343 e. The Kier molecular flexibility index (Phi) is 9.92. The molecule has 9 nitrogen and oxygen atoms in total. The highest BCUT2D eigenvalue weighted by Gasteiger charge is 2.38. The summed E-state index contributed by atoms with van der Waals surface area (Å²) < 4.78 is 0. The Morgan fingerprint density at radius 3 is 2.53 bits per heavy atom. The summed E-state index contributed by atoms with van der Waals surface area (Å²) in [5.74, 6) is -0.880. The number of fused-ring (bicyclic) bond motifs is 1. The molecule has 1 aromatic heterocycles. The zero-order chi connectivity index (χ0) is 26.7. The first-order valence-corrected chi connectivity index (χ1v) is 13.7. The van der Waals surface area contributed by atoms with Crippen LogP contribution in [0.5, 0.6) is 0 Å². The highest BCUT2D eigenvalue weighted by Crippen LogP contribution is 2.40. The molecule has 1 aromatic carbocycles. The van der Waals surface area contributed by atoms with Crippen LogP contribution >= 0.6 is 23.7 Å². The Bertz CT molecular complexity index is 1170. The maximum Gasteiger partial charge on any atom is 0.250 e. The number of carbonyl (C=O) groups is 4. The van der Waals surface area contributed by atoms with Crippen LogP contribution in [-0.4, -0.2) is 48.3 Å². The normalized spacial score (nSPS) is 18.6. The lowest BCUT2D eigenvalue weighted by atomic mass is 9.94. The molecule has 4 amide bonds. The number of hydrogen-bond acceptors (Lipinski definition) is 6. The molecular weight excluding hydrogens is 526 g/mol. The highest BCUT2D eigenvalue weighted by atomic mass is 35.5.